The topological polar surface area (TPSA) is 32.3 Å². The molecule has 3 nitrogen and oxygen atoms in total. The fourth-order valence-corrected chi connectivity index (χ4v) is 4.41. The molecular formula is C23H20BrClN2O. The minimum Gasteiger partial charge on any atom is -0.326 e. The third-order valence-electron chi connectivity index (χ3n) is 4.91. The highest BCUT2D eigenvalue weighted by molar-refractivity contribution is 9.10. The first kappa shape index (κ1) is 19.2. The molecule has 1 aliphatic heterocycles. The van der Waals surface area contributed by atoms with Gasteiger partial charge in [0, 0.05) is 34.8 Å². The number of nitrogens with zero attached hydrogens (tertiary/aromatic N) is 1. The Bertz CT molecular complexity index is 1010. The van der Waals surface area contributed by atoms with Gasteiger partial charge in [-0.05, 0) is 40.5 Å². The van der Waals surface area contributed by atoms with Crippen molar-refractivity contribution in [3.05, 3.63) is 98.5 Å². The predicted octanol–water partition coefficient (Wildman–Crippen LogP) is 5.80. The standard InChI is InChI=1S/C23H20BrClN2O/c24-21-12-19(26-23(28)11-17-8-4-5-9-22(17)25)10-18-14-27(15-20(18)21)13-16-6-2-1-3-7-16/h1-10,12H,11,13-15H2,(H,26,28). The van der Waals surface area contributed by atoms with Crippen LogP contribution in [0.2, 0.25) is 5.02 Å². The summed E-state index contributed by atoms with van der Waals surface area (Å²) in [6.07, 6.45) is 0.258. The first-order valence-corrected chi connectivity index (χ1v) is 10.4. The van der Waals surface area contributed by atoms with Crippen LogP contribution in [0.4, 0.5) is 5.69 Å². The Morgan fingerprint density at radius 2 is 1.79 bits per heavy atom. The number of nitrogens with one attached hydrogen (secondary N) is 1. The maximum atomic E-state index is 12.5. The van der Waals surface area contributed by atoms with Gasteiger partial charge < -0.3 is 5.32 Å². The lowest BCUT2D eigenvalue weighted by Gasteiger charge is -2.14. The molecule has 0 saturated carbocycles. The first-order chi connectivity index (χ1) is 13.6. The summed E-state index contributed by atoms with van der Waals surface area (Å²) in [5.41, 5.74) is 5.48. The van der Waals surface area contributed by atoms with E-state index in [0.29, 0.717) is 5.02 Å². The van der Waals surface area contributed by atoms with Gasteiger partial charge >= 0.3 is 0 Å². The molecule has 0 fully saturated rings. The average molecular weight is 456 g/mol. The van der Waals surface area contributed by atoms with Crippen molar-refractivity contribution in [2.75, 3.05) is 5.32 Å². The van der Waals surface area contributed by atoms with Gasteiger partial charge in [0.05, 0.1) is 6.42 Å². The molecular weight excluding hydrogens is 436 g/mol. The molecule has 142 valence electrons. The molecule has 0 aliphatic carbocycles. The molecule has 1 aliphatic rings. The Morgan fingerprint density at radius 1 is 1.04 bits per heavy atom. The Morgan fingerprint density at radius 3 is 2.57 bits per heavy atom. The molecule has 0 atom stereocenters. The van der Waals surface area contributed by atoms with Gasteiger partial charge in [0.25, 0.3) is 0 Å². The molecule has 0 spiro atoms. The number of fused-ring (bicyclic) bond motifs is 1. The van der Waals surface area contributed by atoms with Crippen LogP contribution in [-0.2, 0) is 30.8 Å². The Labute approximate surface area is 178 Å². The van der Waals surface area contributed by atoms with E-state index in [4.69, 9.17) is 11.6 Å². The van der Waals surface area contributed by atoms with Crippen LogP contribution in [0.25, 0.3) is 0 Å². The second kappa shape index (κ2) is 8.48. The largest absolute Gasteiger partial charge is 0.326 e. The maximum Gasteiger partial charge on any atom is 0.228 e. The van der Waals surface area contributed by atoms with Gasteiger partial charge in [-0.15, -0.1) is 0 Å². The summed E-state index contributed by atoms with van der Waals surface area (Å²) in [6.45, 7) is 2.69. The van der Waals surface area contributed by atoms with Crippen LogP contribution in [0.1, 0.15) is 22.3 Å². The van der Waals surface area contributed by atoms with Crippen molar-refractivity contribution in [1.82, 2.24) is 4.90 Å². The van der Waals surface area contributed by atoms with Crippen LogP contribution in [0.15, 0.2) is 71.2 Å². The third kappa shape index (κ3) is 4.46. The van der Waals surface area contributed by atoms with Crippen molar-refractivity contribution >= 4 is 39.1 Å². The van der Waals surface area contributed by atoms with Gasteiger partial charge in [0.1, 0.15) is 0 Å². The molecule has 0 aromatic heterocycles. The lowest BCUT2D eigenvalue weighted by Crippen LogP contribution is -2.15. The van der Waals surface area contributed by atoms with Gasteiger partial charge in [-0.3, -0.25) is 9.69 Å². The predicted molar refractivity (Wildman–Crippen MR) is 117 cm³/mol. The van der Waals surface area contributed by atoms with E-state index in [0.717, 1.165) is 35.4 Å². The molecule has 28 heavy (non-hydrogen) atoms. The summed E-state index contributed by atoms with van der Waals surface area (Å²) >= 11 is 9.84. The SMILES string of the molecule is O=C(Cc1ccccc1Cl)Nc1cc(Br)c2c(c1)CN(Cc1ccccc1)C2. The van der Waals surface area contributed by atoms with Gasteiger partial charge in [-0.1, -0.05) is 76.1 Å². The average Bonchev–Trinajstić information content (AvgIpc) is 3.07. The summed E-state index contributed by atoms with van der Waals surface area (Å²) in [5.74, 6) is -0.0703. The zero-order chi connectivity index (χ0) is 19.5. The number of anilines is 1. The van der Waals surface area contributed by atoms with E-state index < -0.39 is 0 Å². The Hall–Kier alpha value is -2.14. The maximum absolute atomic E-state index is 12.5. The number of halogens is 2. The fourth-order valence-electron chi connectivity index (χ4n) is 3.58. The smallest absolute Gasteiger partial charge is 0.228 e. The van der Waals surface area contributed by atoms with E-state index in [-0.39, 0.29) is 12.3 Å². The molecule has 1 N–H and O–H groups in total. The zero-order valence-electron chi connectivity index (χ0n) is 15.3. The van der Waals surface area contributed by atoms with Crippen LogP contribution in [0, 0.1) is 0 Å². The first-order valence-electron chi connectivity index (χ1n) is 9.19. The van der Waals surface area contributed by atoms with Crippen molar-refractivity contribution in [2.45, 2.75) is 26.1 Å². The van der Waals surface area contributed by atoms with E-state index in [9.17, 15) is 4.79 Å². The second-order valence-electron chi connectivity index (χ2n) is 7.04. The van der Waals surface area contributed by atoms with Crippen molar-refractivity contribution < 1.29 is 4.79 Å². The van der Waals surface area contributed by atoms with E-state index in [1.54, 1.807) is 6.07 Å². The van der Waals surface area contributed by atoms with E-state index >= 15 is 0 Å². The van der Waals surface area contributed by atoms with Gasteiger partial charge in [0.15, 0.2) is 0 Å². The van der Waals surface area contributed by atoms with Crippen molar-refractivity contribution in [3.8, 4) is 0 Å². The molecule has 3 aromatic rings. The highest BCUT2D eigenvalue weighted by Crippen LogP contribution is 2.33. The van der Waals surface area contributed by atoms with Gasteiger partial charge in [-0.25, -0.2) is 0 Å². The summed E-state index contributed by atoms with van der Waals surface area (Å²) in [5, 5.41) is 3.62. The van der Waals surface area contributed by atoms with Crippen molar-refractivity contribution in [1.29, 1.82) is 0 Å². The lowest BCUT2D eigenvalue weighted by atomic mass is 10.1. The summed E-state index contributed by atoms with van der Waals surface area (Å²) in [6, 6.07) is 22.0. The molecule has 0 radical (unpaired) electrons. The number of benzene rings is 3. The lowest BCUT2D eigenvalue weighted by molar-refractivity contribution is -0.115. The fraction of sp³-hybridized carbons (Fsp3) is 0.174. The highest BCUT2D eigenvalue weighted by atomic mass is 79.9. The minimum atomic E-state index is -0.0703. The highest BCUT2D eigenvalue weighted by Gasteiger charge is 2.22. The Balaban J connectivity index is 1.44. The van der Waals surface area contributed by atoms with Crippen molar-refractivity contribution in [2.24, 2.45) is 0 Å². The quantitative estimate of drug-likeness (QED) is 0.527. The van der Waals surface area contributed by atoms with Crippen LogP contribution in [0.5, 0.6) is 0 Å². The summed E-state index contributed by atoms with van der Waals surface area (Å²) in [4.78, 5) is 14.9. The third-order valence-corrected chi connectivity index (χ3v) is 5.98. The van der Waals surface area contributed by atoms with Crippen molar-refractivity contribution in [3.63, 3.8) is 0 Å². The summed E-state index contributed by atoms with van der Waals surface area (Å²) in [7, 11) is 0. The van der Waals surface area contributed by atoms with Crippen LogP contribution in [0.3, 0.4) is 0 Å². The molecule has 1 heterocycles. The monoisotopic (exact) mass is 454 g/mol. The number of amides is 1. The number of rotatable bonds is 5. The molecule has 3 aromatic carbocycles. The summed E-state index contributed by atoms with van der Waals surface area (Å²) < 4.78 is 1.04. The zero-order valence-corrected chi connectivity index (χ0v) is 17.6. The van der Waals surface area contributed by atoms with E-state index in [1.807, 2.05) is 30.3 Å². The van der Waals surface area contributed by atoms with Crippen LogP contribution in [-0.4, -0.2) is 10.8 Å². The second-order valence-corrected chi connectivity index (χ2v) is 8.30. The van der Waals surface area contributed by atoms with E-state index in [2.05, 4.69) is 56.5 Å². The van der Waals surface area contributed by atoms with E-state index in [1.165, 1.54) is 16.7 Å². The number of carbonyl (C=O) groups excluding carboxylic acids is 1. The Kier molecular flexibility index (Phi) is 5.81. The molecule has 4 rings (SSSR count). The van der Waals surface area contributed by atoms with Crippen LogP contribution >= 0.6 is 27.5 Å². The molecule has 1 amide bonds. The van der Waals surface area contributed by atoms with Gasteiger partial charge in [0.2, 0.25) is 5.91 Å². The number of carbonyl (C=O) groups is 1. The normalized spacial score (nSPS) is 13.4. The van der Waals surface area contributed by atoms with Gasteiger partial charge in [-0.2, -0.15) is 0 Å². The molecule has 0 bridgehead atoms. The molecule has 0 saturated heterocycles. The number of hydrogen-bond donors (Lipinski definition) is 1. The minimum absolute atomic E-state index is 0.0703. The molecule has 5 heteroatoms. The van der Waals surface area contributed by atoms with Crippen LogP contribution < -0.4 is 5.32 Å². The number of hydrogen-bond acceptors (Lipinski definition) is 2. The molecule has 0 unspecified atom stereocenters.